The Morgan fingerprint density at radius 3 is 2.50 bits per heavy atom. The van der Waals surface area contributed by atoms with Crippen molar-refractivity contribution >= 4 is 6.29 Å². The second-order valence-electron chi connectivity index (χ2n) is 3.90. The molecule has 3 nitrogen and oxygen atoms in total. The second-order valence-corrected chi connectivity index (χ2v) is 3.90. The largest absolute Gasteiger partial charge is 0.438 e. The Kier molecular flexibility index (Phi) is 2.86. The molecule has 2 rings (SSSR count). The monoisotopic (exact) mass is 215 g/mol. The molecule has 82 valence electrons. The minimum Gasteiger partial charge on any atom is -0.438 e. The predicted octanol–water partition coefficient (Wildman–Crippen LogP) is 3.28. The standard InChI is InChI=1S/C13H13NO2/c1-9(2)13-12(14-11(8-15)16-13)10-6-4-3-5-7-10/h3-9H,1-2H3. The maximum absolute atomic E-state index is 10.7. The lowest BCUT2D eigenvalue weighted by molar-refractivity contribution is 0.109. The molecule has 0 saturated carbocycles. The van der Waals surface area contributed by atoms with Gasteiger partial charge in [-0.1, -0.05) is 44.2 Å². The van der Waals surface area contributed by atoms with Crippen molar-refractivity contribution in [2.75, 3.05) is 0 Å². The molecule has 1 aromatic heterocycles. The SMILES string of the molecule is CC(C)c1oc(C=O)nc1-c1ccccc1. The molecule has 16 heavy (non-hydrogen) atoms. The van der Waals surface area contributed by atoms with Crippen LogP contribution < -0.4 is 0 Å². The summed E-state index contributed by atoms with van der Waals surface area (Å²) in [6.07, 6.45) is 0.637. The lowest BCUT2D eigenvalue weighted by atomic mass is 10.0. The first-order chi connectivity index (χ1) is 7.72. The summed E-state index contributed by atoms with van der Waals surface area (Å²) in [7, 11) is 0. The van der Waals surface area contributed by atoms with Crippen LogP contribution in [-0.2, 0) is 0 Å². The molecule has 0 aliphatic heterocycles. The summed E-state index contributed by atoms with van der Waals surface area (Å²) in [6.45, 7) is 4.03. The normalized spacial score (nSPS) is 10.7. The molecule has 0 bridgehead atoms. The number of benzene rings is 1. The van der Waals surface area contributed by atoms with Crippen molar-refractivity contribution < 1.29 is 9.21 Å². The summed E-state index contributed by atoms with van der Waals surface area (Å²) in [5, 5.41) is 0. The Morgan fingerprint density at radius 2 is 1.94 bits per heavy atom. The van der Waals surface area contributed by atoms with E-state index in [1.165, 1.54) is 0 Å². The molecule has 1 aromatic carbocycles. The van der Waals surface area contributed by atoms with Crippen LogP contribution in [0.5, 0.6) is 0 Å². The molecule has 0 unspecified atom stereocenters. The van der Waals surface area contributed by atoms with Crippen molar-refractivity contribution in [2.45, 2.75) is 19.8 Å². The molecule has 0 aliphatic rings. The molecule has 1 heterocycles. The molecule has 0 saturated heterocycles. The van der Waals surface area contributed by atoms with E-state index >= 15 is 0 Å². The summed E-state index contributed by atoms with van der Waals surface area (Å²) >= 11 is 0. The van der Waals surface area contributed by atoms with Gasteiger partial charge in [0.1, 0.15) is 11.5 Å². The Bertz CT molecular complexity index is 486. The molecule has 0 amide bonds. The Hall–Kier alpha value is -1.90. The van der Waals surface area contributed by atoms with Gasteiger partial charge in [-0.15, -0.1) is 0 Å². The highest BCUT2D eigenvalue weighted by Gasteiger charge is 2.16. The van der Waals surface area contributed by atoms with Crippen molar-refractivity contribution in [3.05, 3.63) is 42.0 Å². The third kappa shape index (κ3) is 1.89. The van der Waals surface area contributed by atoms with E-state index in [1.54, 1.807) is 0 Å². The zero-order chi connectivity index (χ0) is 11.5. The topological polar surface area (TPSA) is 43.1 Å². The van der Waals surface area contributed by atoms with E-state index in [2.05, 4.69) is 4.98 Å². The summed E-state index contributed by atoms with van der Waals surface area (Å²) in [4.78, 5) is 14.9. The minimum absolute atomic E-state index is 0.141. The maximum Gasteiger partial charge on any atom is 0.260 e. The number of hydrogen-bond acceptors (Lipinski definition) is 3. The Balaban J connectivity index is 2.55. The smallest absolute Gasteiger partial charge is 0.260 e. The number of oxazole rings is 1. The van der Waals surface area contributed by atoms with Crippen LogP contribution in [0.2, 0.25) is 0 Å². The quantitative estimate of drug-likeness (QED) is 0.738. The van der Waals surface area contributed by atoms with Crippen molar-refractivity contribution in [2.24, 2.45) is 0 Å². The van der Waals surface area contributed by atoms with Crippen LogP contribution in [0.25, 0.3) is 11.3 Å². The van der Waals surface area contributed by atoms with Crippen LogP contribution >= 0.6 is 0 Å². The van der Waals surface area contributed by atoms with Gasteiger partial charge in [0, 0.05) is 11.5 Å². The lowest BCUT2D eigenvalue weighted by Gasteiger charge is -2.03. The average Bonchev–Trinajstić information content (AvgIpc) is 2.74. The molecule has 0 radical (unpaired) electrons. The molecular formula is C13H13NO2. The van der Waals surface area contributed by atoms with Gasteiger partial charge < -0.3 is 4.42 Å². The number of carbonyl (C=O) groups excluding carboxylic acids is 1. The number of carbonyl (C=O) groups is 1. The molecular weight excluding hydrogens is 202 g/mol. The molecule has 2 aromatic rings. The van der Waals surface area contributed by atoms with Gasteiger partial charge in [0.2, 0.25) is 6.29 Å². The predicted molar refractivity (Wildman–Crippen MR) is 61.4 cm³/mol. The van der Waals surface area contributed by atoms with Gasteiger partial charge in [0.25, 0.3) is 5.89 Å². The summed E-state index contributed by atoms with van der Waals surface area (Å²) < 4.78 is 5.40. The van der Waals surface area contributed by atoms with Crippen LogP contribution in [0, 0.1) is 0 Å². The number of rotatable bonds is 3. The van der Waals surface area contributed by atoms with Gasteiger partial charge in [-0.2, -0.15) is 0 Å². The summed E-state index contributed by atoms with van der Waals surface area (Å²) in [6, 6.07) is 9.74. The molecule has 0 aliphatic carbocycles. The van der Waals surface area contributed by atoms with Crippen LogP contribution in [-0.4, -0.2) is 11.3 Å². The zero-order valence-corrected chi connectivity index (χ0v) is 9.31. The van der Waals surface area contributed by atoms with Gasteiger partial charge in [-0.25, -0.2) is 4.98 Å². The van der Waals surface area contributed by atoms with E-state index in [1.807, 2.05) is 44.2 Å². The lowest BCUT2D eigenvalue weighted by Crippen LogP contribution is -1.88. The minimum atomic E-state index is 0.141. The van der Waals surface area contributed by atoms with E-state index in [0.717, 1.165) is 17.0 Å². The summed E-state index contributed by atoms with van der Waals surface area (Å²) in [5.74, 6) is 1.10. The van der Waals surface area contributed by atoms with E-state index < -0.39 is 0 Å². The molecule has 0 N–H and O–H groups in total. The Morgan fingerprint density at radius 1 is 1.25 bits per heavy atom. The van der Waals surface area contributed by atoms with Gasteiger partial charge in [0.15, 0.2) is 0 Å². The van der Waals surface area contributed by atoms with Crippen LogP contribution in [0.3, 0.4) is 0 Å². The third-order valence-electron chi connectivity index (χ3n) is 2.34. The number of nitrogens with zero attached hydrogens (tertiary/aromatic N) is 1. The van der Waals surface area contributed by atoms with Crippen LogP contribution in [0.15, 0.2) is 34.7 Å². The van der Waals surface area contributed by atoms with E-state index in [0.29, 0.717) is 6.29 Å². The van der Waals surface area contributed by atoms with E-state index in [4.69, 9.17) is 4.42 Å². The highest BCUT2D eigenvalue weighted by molar-refractivity contribution is 5.71. The fourth-order valence-corrected chi connectivity index (χ4v) is 1.59. The fraction of sp³-hybridized carbons (Fsp3) is 0.231. The van der Waals surface area contributed by atoms with Gasteiger partial charge >= 0.3 is 0 Å². The van der Waals surface area contributed by atoms with Gasteiger partial charge in [-0.05, 0) is 0 Å². The fourth-order valence-electron chi connectivity index (χ4n) is 1.59. The Labute approximate surface area is 94.1 Å². The highest BCUT2D eigenvalue weighted by atomic mass is 16.4. The van der Waals surface area contributed by atoms with Crippen molar-refractivity contribution in [3.8, 4) is 11.3 Å². The molecule has 0 fully saturated rings. The van der Waals surface area contributed by atoms with E-state index in [-0.39, 0.29) is 11.8 Å². The first-order valence-electron chi connectivity index (χ1n) is 5.23. The number of hydrogen-bond donors (Lipinski definition) is 0. The van der Waals surface area contributed by atoms with Crippen LogP contribution in [0.4, 0.5) is 0 Å². The first-order valence-corrected chi connectivity index (χ1v) is 5.23. The van der Waals surface area contributed by atoms with Crippen molar-refractivity contribution in [1.29, 1.82) is 0 Å². The zero-order valence-electron chi connectivity index (χ0n) is 9.31. The van der Waals surface area contributed by atoms with Crippen molar-refractivity contribution in [1.82, 2.24) is 4.98 Å². The van der Waals surface area contributed by atoms with Gasteiger partial charge in [0.05, 0.1) is 0 Å². The second kappa shape index (κ2) is 4.31. The van der Waals surface area contributed by atoms with Gasteiger partial charge in [-0.3, -0.25) is 4.79 Å². The number of aldehydes is 1. The van der Waals surface area contributed by atoms with Crippen LogP contribution in [0.1, 0.15) is 36.2 Å². The number of aromatic nitrogens is 1. The first kappa shape index (κ1) is 10.6. The third-order valence-corrected chi connectivity index (χ3v) is 2.34. The molecule has 0 spiro atoms. The molecule has 3 heteroatoms. The maximum atomic E-state index is 10.7. The van der Waals surface area contributed by atoms with Crippen molar-refractivity contribution in [3.63, 3.8) is 0 Å². The summed E-state index contributed by atoms with van der Waals surface area (Å²) in [5.41, 5.74) is 1.74. The molecule has 0 atom stereocenters. The van der Waals surface area contributed by atoms with E-state index in [9.17, 15) is 4.79 Å². The highest BCUT2D eigenvalue weighted by Crippen LogP contribution is 2.28. The average molecular weight is 215 g/mol.